The van der Waals surface area contributed by atoms with Crippen LogP contribution in [0.4, 0.5) is 10.1 Å². The van der Waals surface area contributed by atoms with Gasteiger partial charge in [-0.05, 0) is 24.3 Å². The molecule has 0 saturated carbocycles. The van der Waals surface area contributed by atoms with Crippen LogP contribution in [-0.4, -0.2) is 52.2 Å². The third-order valence-electron chi connectivity index (χ3n) is 6.09. The topological polar surface area (TPSA) is 88.8 Å². The lowest BCUT2D eigenvalue weighted by Gasteiger charge is -2.27. The minimum Gasteiger partial charge on any atom is -0.360 e. The molecule has 156 valence electrons. The lowest BCUT2D eigenvalue weighted by molar-refractivity contribution is -0.139. The maximum absolute atomic E-state index is 13.3. The van der Waals surface area contributed by atoms with E-state index in [0.717, 1.165) is 0 Å². The highest BCUT2D eigenvalue weighted by Gasteiger charge is 2.67. The number of rotatable bonds is 5. The van der Waals surface area contributed by atoms with Gasteiger partial charge in [0.15, 0.2) is 5.82 Å². The Morgan fingerprint density at radius 2 is 2.13 bits per heavy atom. The number of aryl methyl sites for hydroxylation is 1. The Morgan fingerprint density at radius 1 is 1.37 bits per heavy atom. The van der Waals surface area contributed by atoms with E-state index in [-0.39, 0.29) is 24.2 Å². The molecule has 3 aliphatic rings. The molecule has 4 atom stereocenters. The monoisotopic (exact) mass is 412 g/mol. The summed E-state index contributed by atoms with van der Waals surface area (Å²) >= 11 is 0. The van der Waals surface area contributed by atoms with Gasteiger partial charge in [0.05, 0.1) is 31.0 Å². The number of hydrogen-bond acceptors (Lipinski definition) is 6. The second kappa shape index (κ2) is 6.73. The van der Waals surface area contributed by atoms with E-state index >= 15 is 0 Å². The Bertz CT molecular complexity index is 1040. The van der Waals surface area contributed by atoms with E-state index in [1.165, 1.54) is 17.0 Å². The number of ether oxygens (including phenoxy) is 1. The molecular formula is C21H21FN4O4. The van der Waals surface area contributed by atoms with Crippen molar-refractivity contribution in [1.82, 2.24) is 15.0 Å². The Morgan fingerprint density at radius 3 is 2.83 bits per heavy atom. The molecule has 5 rings (SSSR count). The van der Waals surface area contributed by atoms with Crippen LogP contribution in [0.1, 0.15) is 18.6 Å². The predicted molar refractivity (Wildman–Crippen MR) is 103 cm³/mol. The van der Waals surface area contributed by atoms with Crippen molar-refractivity contribution in [2.45, 2.75) is 31.6 Å². The normalized spacial score (nSPS) is 29.0. The summed E-state index contributed by atoms with van der Waals surface area (Å²) in [6.45, 7) is 2.39. The molecule has 0 aliphatic carbocycles. The summed E-state index contributed by atoms with van der Waals surface area (Å²) in [4.78, 5) is 33.9. The fraction of sp³-hybridized carbons (Fsp3) is 0.429. The lowest BCUT2D eigenvalue weighted by Crippen LogP contribution is -2.44. The summed E-state index contributed by atoms with van der Waals surface area (Å²) in [7, 11) is 1.66. The van der Waals surface area contributed by atoms with Crippen LogP contribution in [-0.2, 0) is 27.3 Å². The second-order valence-electron chi connectivity index (χ2n) is 7.95. The zero-order valence-corrected chi connectivity index (χ0v) is 16.6. The maximum atomic E-state index is 13.3. The summed E-state index contributed by atoms with van der Waals surface area (Å²) in [5.74, 6) is -1.08. The van der Waals surface area contributed by atoms with Crippen molar-refractivity contribution in [3.8, 4) is 0 Å². The molecule has 0 N–H and O–H groups in total. The molecule has 1 aromatic heterocycles. The first kappa shape index (κ1) is 18.9. The number of carbonyl (C=O) groups is 2. The molecule has 2 fully saturated rings. The van der Waals surface area contributed by atoms with Crippen molar-refractivity contribution < 1.29 is 23.2 Å². The number of benzene rings is 1. The largest absolute Gasteiger partial charge is 0.360 e. The van der Waals surface area contributed by atoms with Crippen LogP contribution < -0.4 is 4.90 Å². The number of nitrogens with zero attached hydrogens (tertiary/aromatic N) is 4. The van der Waals surface area contributed by atoms with Crippen LogP contribution >= 0.6 is 0 Å². The van der Waals surface area contributed by atoms with Gasteiger partial charge in [-0.3, -0.25) is 9.59 Å². The highest BCUT2D eigenvalue weighted by atomic mass is 19.1. The van der Waals surface area contributed by atoms with E-state index in [9.17, 15) is 14.0 Å². The zero-order chi connectivity index (χ0) is 21.0. The highest BCUT2D eigenvalue weighted by molar-refractivity contribution is 6.03. The van der Waals surface area contributed by atoms with Gasteiger partial charge in [-0.15, -0.1) is 0 Å². The fourth-order valence-electron chi connectivity index (χ4n) is 4.66. The van der Waals surface area contributed by atoms with Crippen LogP contribution in [0.25, 0.3) is 0 Å². The van der Waals surface area contributed by atoms with E-state index in [1.54, 1.807) is 24.1 Å². The second-order valence-corrected chi connectivity index (χ2v) is 7.95. The molecular weight excluding hydrogens is 391 g/mol. The smallest absolute Gasteiger partial charge is 0.234 e. The Balaban J connectivity index is 1.39. The van der Waals surface area contributed by atoms with Crippen LogP contribution in [0, 0.1) is 17.7 Å². The quantitative estimate of drug-likeness (QED) is 0.695. The van der Waals surface area contributed by atoms with Gasteiger partial charge in [0.25, 0.3) is 0 Å². The summed E-state index contributed by atoms with van der Waals surface area (Å²) in [5.41, 5.74) is -0.247. The molecule has 0 radical (unpaired) electrons. The Kier molecular flexibility index (Phi) is 4.25. The van der Waals surface area contributed by atoms with E-state index in [0.29, 0.717) is 30.4 Å². The average molecular weight is 412 g/mol. The van der Waals surface area contributed by atoms with Gasteiger partial charge in [0.2, 0.25) is 17.7 Å². The van der Waals surface area contributed by atoms with Gasteiger partial charge in [-0.25, -0.2) is 4.39 Å². The van der Waals surface area contributed by atoms with Crippen molar-refractivity contribution in [3.05, 3.63) is 53.9 Å². The molecule has 1 spiro atoms. The van der Waals surface area contributed by atoms with E-state index in [1.807, 2.05) is 19.1 Å². The van der Waals surface area contributed by atoms with Crippen LogP contribution in [0.15, 0.2) is 40.9 Å². The third kappa shape index (κ3) is 2.76. The number of fused-ring (bicyclic) bond motifs is 1. The van der Waals surface area contributed by atoms with Crippen LogP contribution in [0.5, 0.6) is 0 Å². The predicted octanol–water partition coefficient (Wildman–Crippen LogP) is 1.72. The van der Waals surface area contributed by atoms with E-state index in [4.69, 9.17) is 9.26 Å². The molecule has 2 saturated heterocycles. The summed E-state index contributed by atoms with van der Waals surface area (Å²) < 4.78 is 24.5. The molecule has 8 nitrogen and oxygen atoms in total. The van der Waals surface area contributed by atoms with Crippen molar-refractivity contribution in [2.24, 2.45) is 11.8 Å². The molecule has 1 aromatic carbocycles. The number of anilines is 1. The zero-order valence-electron chi connectivity index (χ0n) is 16.6. The molecule has 9 heteroatoms. The molecule has 2 aromatic rings. The minimum atomic E-state index is -0.835. The molecule has 30 heavy (non-hydrogen) atoms. The van der Waals surface area contributed by atoms with Gasteiger partial charge in [-0.1, -0.05) is 24.2 Å². The Hall–Kier alpha value is -3.07. The van der Waals surface area contributed by atoms with Crippen molar-refractivity contribution in [2.75, 3.05) is 18.5 Å². The van der Waals surface area contributed by atoms with Crippen LogP contribution in [0.2, 0.25) is 0 Å². The van der Waals surface area contributed by atoms with Gasteiger partial charge in [0.1, 0.15) is 11.4 Å². The molecule has 2 bridgehead atoms. The number of aromatic nitrogens is 2. The maximum Gasteiger partial charge on any atom is 0.234 e. The van der Waals surface area contributed by atoms with Gasteiger partial charge < -0.3 is 19.1 Å². The van der Waals surface area contributed by atoms with Gasteiger partial charge in [0, 0.05) is 19.2 Å². The summed E-state index contributed by atoms with van der Waals surface area (Å²) in [5, 5.41) is 3.89. The summed E-state index contributed by atoms with van der Waals surface area (Å²) in [6, 6.07) is 5.75. The summed E-state index contributed by atoms with van der Waals surface area (Å²) in [6.07, 6.45) is 3.92. The first-order chi connectivity index (χ1) is 14.4. The Labute approximate surface area is 172 Å². The molecule has 2 unspecified atom stereocenters. The van der Waals surface area contributed by atoms with E-state index < -0.39 is 23.5 Å². The standard InChI is InChI=1S/C21H21FN4O4/c1-3-16-23-15(24-30-16)10-25(2)19(27)17-14-8-9-21(29-14)11-26(20(28)18(17)21)13-6-4-12(22)5-7-13/h4-9,14,17-18H,3,10-11H2,1-2H3/t14-,17?,18?,21-/m0/s1. The fourth-order valence-corrected chi connectivity index (χ4v) is 4.66. The number of carbonyl (C=O) groups excluding carboxylic acids is 2. The highest BCUT2D eigenvalue weighted by Crippen LogP contribution is 2.53. The first-order valence-corrected chi connectivity index (χ1v) is 9.92. The average Bonchev–Trinajstić information content (AvgIpc) is 3.49. The van der Waals surface area contributed by atoms with Crippen molar-refractivity contribution in [1.29, 1.82) is 0 Å². The SMILES string of the molecule is CCc1nc(CN(C)C(=O)C2C3C(=O)N(c4ccc(F)cc4)C[C@@]34C=C[C@@H]2O4)no1. The first-order valence-electron chi connectivity index (χ1n) is 9.92. The van der Waals surface area contributed by atoms with Crippen molar-refractivity contribution in [3.63, 3.8) is 0 Å². The molecule has 4 heterocycles. The minimum absolute atomic E-state index is 0.185. The van der Waals surface area contributed by atoms with Crippen LogP contribution in [0.3, 0.4) is 0 Å². The number of halogens is 1. The lowest BCUT2D eigenvalue weighted by atomic mass is 9.76. The number of hydrogen-bond donors (Lipinski definition) is 0. The van der Waals surface area contributed by atoms with E-state index in [2.05, 4.69) is 10.1 Å². The molecule has 2 amide bonds. The molecule has 3 aliphatic heterocycles. The van der Waals surface area contributed by atoms with Crippen molar-refractivity contribution >= 4 is 17.5 Å². The van der Waals surface area contributed by atoms with Gasteiger partial charge in [-0.2, -0.15) is 4.98 Å². The third-order valence-corrected chi connectivity index (χ3v) is 6.09. The van der Waals surface area contributed by atoms with Gasteiger partial charge >= 0.3 is 0 Å². The number of amides is 2.